The van der Waals surface area contributed by atoms with E-state index in [1.165, 1.54) is 45.1 Å². The van der Waals surface area contributed by atoms with Gasteiger partial charge in [0.1, 0.15) is 0 Å². The van der Waals surface area contributed by atoms with E-state index in [2.05, 4.69) is 18.7 Å². The standard InChI is InChI=1S/C13H26N2/c1-11-5-3-7-13(14,9-11)10-15-8-4-6-12(15)2/h11-12H,3-10,14H2,1-2H3. The van der Waals surface area contributed by atoms with Crippen LogP contribution in [0.5, 0.6) is 0 Å². The van der Waals surface area contributed by atoms with Crippen molar-refractivity contribution in [3.8, 4) is 0 Å². The highest BCUT2D eigenvalue weighted by Crippen LogP contribution is 2.32. The van der Waals surface area contributed by atoms with E-state index in [1.807, 2.05) is 0 Å². The second kappa shape index (κ2) is 4.42. The molecule has 0 bridgehead atoms. The maximum absolute atomic E-state index is 6.55. The summed E-state index contributed by atoms with van der Waals surface area (Å²) in [7, 11) is 0. The predicted octanol–water partition coefficient (Wildman–Crippen LogP) is 2.38. The van der Waals surface area contributed by atoms with Gasteiger partial charge in [-0.1, -0.05) is 19.8 Å². The van der Waals surface area contributed by atoms with Crippen LogP contribution in [0.4, 0.5) is 0 Å². The van der Waals surface area contributed by atoms with E-state index in [0.717, 1.165) is 18.5 Å². The predicted molar refractivity (Wildman–Crippen MR) is 64.8 cm³/mol. The molecule has 2 N–H and O–H groups in total. The molecule has 2 fully saturated rings. The molecular formula is C13H26N2. The molecule has 15 heavy (non-hydrogen) atoms. The zero-order valence-corrected chi connectivity index (χ0v) is 10.3. The molecule has 0 amide bonds. The van der Waals surface area contributed by atoms with E-state index in [1.54, 1.807) is 0 Å². The normalized spacial score (nSPS) is 43.4. The van der Waals surface area contributed by atoms with Crippen LogP contribution in [0.15, 0.2) is 0 Å². The molecule has 1 heterocycles. The van der Waals surface area contributed by atoms with Gasteiger partial charge in [-0.05, 0) is 45.1 Å². The van der Waals surface area contributed by atoms with E-state index in [0.29, 0.717) is 0 Å². The Balaban J connectivity index is 1.91. The minimum atomic E-state index is 0.121. The second-order valence-corrected chi connectivity index (χ2v) is 6.03. The fraction of sp³-hybridized carbons (Fsp3) is 1.00. The third kappa shape index (κ3) is 2.73. The third-order valence-electron chi connectivity index (χ3n) is 4.34. The highest BCUT2D eigenvalue weighted by Gasteiger charge is 2.34. The molecule has 0 aromatic heterocycles. The summed E-state index contributed by atoms with van der Waals surface area (Å²) in [4.78, 5) is 2.61. The van der Waals surface area contributed by atoms with Crippen LogP contribution < -0.4 is 5.73 Å². The Morgan fingerprint density at radius 3 is 2.67 bits per heavy atom. The minimum Gasteiger partial charge on any atom is -0.324 e. The van der Waals surface area contributed by atoms with Gasteiger partial charge in [-0.2, -0.15) is 0 Å². The van der Waals surface area contributed by atoms with Crippen molar-refractivity contribution in [2.75, 3.05) is 13.1 Å². The van der Waals surface area contributed by atoms with Crippen molar-refractivity contribution in [2.24, 2.45) is 11.7 Å². The first-order valence-corrected chi connectivity index (χ1v) is 6.62. The van der Waals surface area contributed by atoms with E-state index >= 15 is 0 Å². The Bertz CT molecular complexity index is 217. The fourth-order valence-corrected chi connectivity index (χ4v) is 3.48. The number of likely N-dealkylation sites (tertiary alicyclic amines) is 1. The first-order valence-electron chi connectivity index (χ1n) is 6.62. The van der Waals surface area contributed by atoms with Crippen molar-refractivity contribution in [2.45, 2.75) is 64.0 Å². The Morgan fingerprint density at radius 1 is 1.27 bits per heavy atom. The zero-order valence-electron chi connectivity index (χ0n) is 10.3. The summed E-state index contributed by atoms with van der Waals surface area (Å²) in [5, 5.41) is 0. The summed E-state index contributed by atoms with van der Waals surface area (Å²) in [5.74, 6) is 0.835. The molecule has 0 aromatic rings. The lowest BCUT2D eigenvalue weighted by Crippen LogP contribution is -2.53. The molecule has 2 aliphatic rings. The molecule has 0 spiro atoms. The van der Waals surface area contributed by atoms with Crippen LogP contribution in [0.25, 0.3) is 0 Å². The largest absolute Gasteiger partial charge is 0.324 e. The topological polar surface area (TPSA) is 29.3 Å². The van der Waals surface area contributed by atoms with Crippen LogP contribution in [0, 0.1) is 5.92 Å². The minimum absolute atomic E-state index is 0.121. The zero-order chi connectivity index (χ0) is 10.9. The smallest absolute Gasteiger partial charge is 0.0286 e. The summed E-state index contributed by atoms with van der Waals surface area (Å²) >= 11 is 0. The molecular weight excluding hydrogens is 184 g/mol. The summed E-state index contributed by atoms with van der Waals surface area (Å²) in [6.07, 6.45) is 7.92. The lowest BCUT2D eigenvalue weighted by molar-refractivity contribution is 0.146. The molecule has 0 aromatic carbocycles. The molecule has 3 unspecified atom stereocenters. The molecule has 1 saturated carbocycles. The molecule has 0 radical (unpaired) electrons. The van der Waals surface area contributed by atoms with Crippen LogP contribution in [0.1, 0.15) is 52.4 Å². The summed E-state index contributed by atoms with van der Waals surface area (Å²) in [6, 6.07) is 0.766. The average Bonchev–Trinajstić information content (AvgIpc) is 2.50. The number of nitrogens with two attached hydrogens (primary N) is 1. The van der Waals surface area contributed by atoms with Gasteiger partial charge in [0.2, 0.25) is 0 Å². The Hall–Kier alpha value is -0.0800. The highest BCUT2D eigenvalue weighted by molar-refractivity contribution is 4.94. The Labute approximate surface area is 94.2 Å². The molecule has 2 heteroatoms. The van der Waals surface area contributed by atoms with E-state index < -0.39 is 0 Å². The number of hydrogen-bond acceptors (Lipinski definition) is 2. The van der Waals surface area contributed by atoms with Crippen LogP contribution >= 0.6 is 0 Å². The quantitative estimate of drug-likeness (QED) is 0.758. The first kappa shape index (κ1) is 11.4. The van der Waals surface area contributed by atoms with Crippen molar-refractivity contribution in [1.82, 2.24) is 4.90 Å². The van der Waals surface area contributed by atoms with E-state index in [4.69, 9.17) is 5.73 Å². The number of nitrogens with zero attached hydrogens (tertiary/aromatic N) is 1. The van der Waals surface area contributed by atoms with E-state index in [9.17, 15) is 0 Å². The van der Waals surface area contributed by atoms with Gasteiger partial charge in [0.05, 0.1) is 0 Å². The van der Waals surface area contributed by atoms with Gasteiger partial charge in [-0.3, -0.25) is 4.90 Å². The summed E-state index contributed by atoms with van der Waals surface area (Å²) in [6.45, 7) is 7.11. The molecule has 88 valence electrons. The van der Waals surface area contributed by atoms with Crippen molar-refractivity contribution >= 4 is 0 Å². The van der Waals surface area contributed by atoms with Gasteiger partial charge in [0, 0.05) is 18.1 Å². The van der Waals surface area contributed by atoms with Crippen LogP contribution in [-0.2, 0) is 0 Å². The van der Waals surface area contributed by atoms with Crippen LogP contribution in [0.3, 0.4) is 0 Å². The molecule has 1 aliphatic heterocycles. The molecule has 3 atom stereocenters. The summed E-state index contributed by atoms with van der Waals surface area (Å²) in [5.41, 5.74) is 6.67. The fourth-order valence-electron chi connectivity index (χ4n) is 3.48. The molecule has 1 saturated heterocycles. The monoisotopic (exact) mass is 210 g/mol. The Morgan fingerprint density at radius 2 is 2.07 bits per heavy atom. The second-order valence-electron chi connectivity index (χ2n) is 6.03. The molecule has 2 nitrogen and oxygen atoms in total. The lowest BCUT2D eigenvalue weighted by Gasteiger charge is -2.40. The maximum Gasteiger partial charge on any atom is 0.0286 e. The number of rotatable bonds is 2. The van der Waals surface area contributed by atoms with Crippen molar-refractivity contribution in [1.29, 1.82) is 0 Å². The first-order chi connectivity index (χ1) is 7.09. The SMILES string of the molecule is CC1CCCC(N)(CN2CCCC2C)C1. The Kier molecular flexibility index (Phi) is 3.36. The highest BCUT2D eigenvalue weighted by atomic mass is 15.2. The number of hydrogen-bond donors (Lipinski definition) is 1. The van der Waals surface area contributed by atoms with Gasteiger partial charge in [0.15, 0.2) is 0 Å². The van der Waals surface area contributed by atoms with Gasteiger partial charge >= 0.3 is 0 Å². The van der Waals surface area contributed by atoms with Crippen molar-refractivity contribution in [3.05, 3.63) is 0 Å². The van der Waals surface area contributed by atoms with Crippen molar-refractivity contribution in [3.63, 3.8) is 0 Å². The molecule has 2 rings (SSSR count). The van der Waals surface area contributed by atoms with Crippen LogP contribution in [-0.4, -0.2) is 29.6 Å². The lowest BCUT2D eigenvalue weighted by atomic mass is 9.76. The van der Waals surface area contributed by atoms with Crippen molar-refractivity contribution < 1.29 is 0 Å². The third-order valence-corrected chi connectivity index (χ3v) is 4.34. The maximum atomic E-state index is 6.55. The average molecular weight is 210 g/mol. The van der Waals surface area contributed by atoms with Gasteiger partial charge in [-0.15, -0.1) is 0 Å². The summed E-state index contributed by atoms with van der Waals surface area (Å²) < 4.78 is 0. The molecule has 1 aliphatic carbocycles. The van der Waals surface area contributed by atoms with Crippen LogP contribution in [0.2, 0.25) is 0 Å². The van der Waals surface area contributed by atoms with Gasteiger partial charge < -0.3 is 5.73 Å². The van der Waals surface area contributed by atoms with Gasteiger partial charge in [0.25, 0.3) is 0 Å². The van der Waals surface area contributed by atoms with E-state index in [-0.39, 0.29) is 5.54 Å². The van der Waals surface area contributed by atoms with Gasteiger partial charge in [-0.25, -0.2) is 0 Å².